The molecule has 0 aliphatic carbocycles. The van der Waals surface area contributed by atoms with Crippen LogP contribution in [-0.2, 0) is 13.1 Å². The molecular weight excluding hydrogens is 390 g/mol. The van der Waals surface area contributed by atoms with Gasteiger partial charge in [-0.1, -0.05) is 18.2 Å². The van der Waals surface area contributed by atoms with Crippen LogP contribution in [0.5, 0.6) is 5.75 Å². The van der Waals surface area contributed by atoms with Gasteiger partial charge in [0.2, 0.25) is 0 Å². The average molecular weight is 416 g/mol. The standard InChI is InChI=1S/C21H26BrN3O/c1-25-17-6-7-18(25)11-20(10-17)26-19-4-2-3-15(9-19)12-23-13-16-5-8-21(22)24-14-16/h2-5,8-9,14,17-18,20,23H,6-7,10-13H2,1H3/t17-,18+,20+. The zero-order valence-corrected chi connectivity index (χ0v) is 16.8. The van der Waals surface area contributed by atoms with E-state index in [0.29, 0.717) is 18.2 Å². The normalized spacial score (nSPS) is 25.4. The summed E-state index contributed by atoms with van der Waals surface area (Å²) in [6.45, 7) is 1.63. The molecule has 4 rings (SSSR count). The highest BCUT2D eigenvalue weighted by Gasteiger charge is 2.39. The molecule has 1 N–H and O–H groups in total. The fraction of sp³-hybridized carbons (Fsp3) is 0.476. The maximum atomic E-state index is 6.33. The van der Waals surface area contributed by atoms with E-state index in [0.717, 1.165) is 36.3 Å². The third-order valence-corrected chi connectivity index (χ3v) is 6.17. The van der Waals surface area contributed by atoms with Crippen molar-refractivity contribution in [3.63, 3.8) is 0 Å². The third-order valence-electron chi connectivity index (χ3n) is 5.70. The number of pyridine rings is 1. The first kappa shape index (κ1) is 18.0. The van der Waals surface area contributed by atoms with E-state index in [-0.39, 0.29) is 0 Å². The van der Waals surface area contributed by atoms with Crippen molar-refractivity contribution in [2.75, 3.05) is 7.05 Å². The van der Waals surface area contributed by atoms with Gasteiger partial charge in [0, 0.05) is 31.4 Å². The average Bonchev–Trinajstić information content (AvgIpc) is 2.85. The van der Waals surface area contributed by atoms with Crippen LogP contribution < -0.4 is 10.1 Å². The number of aromatic nitrogens is 1. The minimum absolute atomic E-state index is 0.362. The molecule has 26 heavy (non-hydrogen) atoms. The van der Waals surface area contributed by atoms with Crippen molar-refractivity contribution in [1.29, 1.82) is 0 Å². The van der Waals surface area contributed by atoms with E-state index in [9.17, 15) is 0 Å². The van der Waals surface area contributed by atoms with Crippen molar-refractivity contribution in [1.82, 2.24) is 15.2 Å². The second-order valence-corrected chi connectivity index (χ2v) is 8.31. The fourth-order valence-electron chi connectivity index (χ4n) is 4.24. The van der Waals surface area contributed by atoms with Gasteiger partial charge in [0.1, 0.15) is 16.5 Å². The number of ether oxygens (including phenoxy) is 1. The molecule has 2 aromatic rings. The Bertz CT molecular complexity index is 722. The van der Waals surface area contributed by atoms with E-state index in [1.165, 1.54) is 24.0 Å². The van der Waals surface area contributed by atoms with Crippen molar-refractivity contribution in [2.24, 2.45) is 0 Å². The van der Waals surface area contributed by atoms with Gasteiger partial charge >= 0.3 is 0 Å². The van der Waals surface area contributed by atoms with Gasteiger partial charge in [0.15, 0.2) is 0 Å². The molecule has 1 aromatic carbocycles. The summed E-state index contributed by atoms with van der Waals surface area (Å²) in [5, 5.41) is 3.48. The highest BCUT2D eigenvalue weighted by Crippen LogP contribution is 2.36. The van der Waals surface area contributed by atoms with Crippen LogP contribution in [0.2, 0.25) is 0 Å². The van der Waals surface area contributed by atoms with Crippen LogP contribution in [0, 0.1) is 0 Å². The number of halogens is 1. The van der Waals surface area contributed by atoms with Gasteiger partial charge in [-0.25, -0.2) is 4.98 Å². The van der Waals surface area contributed by atoms with Crippen molar-refractivity contribution in [3.8, 4) is 5.75 Å². The lowest BCUT2D eigenvalue weighted by Crippen LogP contribution is -2.43. The summed E-state index contributed by atoms with van der Waals surface area (Å²) < 4.78 is 7.20. The monoisotopic (exact) mass is 415 g/mol. The summed E-state index contributed by atoms with van der Waals surface area (Å²) in [4.78, 5) is 6.81. The van der Waals surface area contributed by atoms with E-state index in [1.54, 1.807) is 0 Å². The van der Waals surface area contributed by atoms with Crippen LogP contribution in [0.1, 0.15) is 36.8 Å². The molecule has 2 saturated heterocycles. The van der Waals surface area contributed by atoms with Crippen LogP contribution in [0.25, 0.3) is 0 Å². The molecule has 0 saturated carbocycles. The Hall–Kier alpha value is -1.43. The summed E-state index contributed by atoms with van der Waals surface area (Å²) in [6, 6.07) is 14.0. The smallest absolute Gasteiger partial charge is 0.120 e. The fourth-order valence-corrected chi connectivity index (χ4v) is 4.48. The van der Waals surface area contributed by atoms with Crippen LogP contribution in [0.4, 0.5) is 0 Å². The maximum Gasteiger partial charge on any atom is 0.120 e. The molecule has 1 aromatic heterocycles. The predicted octanol–water partition coefficient (Wildman–Crippen LogP) is 4.14. The Labute approximate surface area is 164 Å². The first-order valence-corrected chi connectivity index (χ1v) is 10.3. The quantitative estimate of drug-likeness (QED) is 0.719. The van der Waals surface area contributed by atoms with Crippen LogP contribution in [0.15, 0.2) is 47.2 Å². The Kier molecular flexibility index (Phi) is 5.57. The molecule has 5 heteroatoms. The lowest BCUT2D eigenvalue weighted by atomic mass is 10.0. The van der Waals surface area contributed by atoms with Gasteiger partial charge in [0.05, 0.1) is 0 Å². The molecule has 4 nitrogen and oxygen atoms in total. The minimum Gasteiger partial charge on any atom is -0.490 e. The SMILES string of the molecule is CN1[C@@H]2CC[C@H]1C[C@@H](Oc1cccc(CNCc3ccc(Br)nc3)c1)C2. The van der Waals surface area contributed by atoms with Gasteiger partial charge in [-0.15, -0.1) is 0 Å². The summed E-state index contributed by atoms with van der Waals surface area (Å²) in [7, 11) is 2.27. The van der Waals surface area contributed by atoms with E-state index in [4.69, 9.17) is 4.74 Å². The number of nitrogens with one attached hydrogen (secondary N) is 1. The number of hydrogen-bond donors (Lipinski definition) is 1. The molecule has 2 bridgehead atoms. The van der Waals surface area contributed by atoms with Crippen LogP contribution in [0.3, 0.4) is 0 Å². The first-order valence-electron chi connectivity index (χ1n) is 9.46. The summed E-state index contributed by atoms with van der Waals surface area (Å²) >= 11 is 3.37. The van der Waals surface area contributed by atoms with Crippen molar-refractivity contribution in [3.05, 3.63) is 58.3 Å². The second-order valence-electron chi connectivity index (χ2n) is 7.50. The zero-order valence-electron chi connectivity index (χ0n) is 15.2. The van der Waals surface area contributed by atoms with E-state index >= 15 is 0 Å². The molecule has 0 radical (unpaired) electrons. The van der Waals surface area contributed by atoms with E-state index < -0.39 is 0 Å². The highest BCUT2D eigenvalue weighted by atomic mass is 79.9. The van der Waals surface area contributed by atoms with Crippen molar-refractivity contribution < 1.29 is 4.74 Å². The number of rotatable bonds is 6. The Morgan fingerprint density at radius 1 is 1.12 bits per heavy atom. The molecular formula is C21H26BrN3O. The number of benzene rings is 1. The lowest BCUT2D eigenvalue weighted by Gasteiger charge is -2.36. The molecule has 138 valence electrons. The molecule has 2 aliphatic rings. The van der Waals surface area contributed by atoms with Gasteiger partial charge in [0.25, 0.3) is 0 Å². The predicted molar refractivity (Wildman–Crippen MR) is 107 cm³/mol. The van der Waals surface area contributed by atoms with Crippen LogP contribution in [-0.4, -0.2) is 35.1 Å². The highest BCUT2D eigenvalue weighted by molar-refractivity contribution is 9.10. The van der Waals surface area contributed by atoms with Gasteiger partial charge in [-0.3, -0.25) is 0 Å². The van der Waals surface area contributed by atoms with Gasteiger partial charge in [-0.05, 0) is 78.0 Å². The summed E-state index contributed by atoms with van der Waals surface area (Å²) in [6.07, 6.45) is 7.23. The van der Waals surface area contributed by atoms with Crippen molar-refractivity contribution in [2.45, 2.75) is 57.0 Å². The molecule has 0 spiro atoms. The Balaban J connectivity index is 1.30. The molecule has 0 amide bonds. The number of fused-ring (bicyclic) bond motifs is 2. The molecule has 3 heterocycles. The lowest BCUT2D eigenvalue weighted by molar-refractivity contribution is 0.0661. The molecule has 0 unspecified atom stereocenters. The van der Waals surface area contributed by atoms with Crippen molar-refractivity contribution >= 4 is 15.9 Å². The third kappa shape index (κ3) is 4.27. The van der Waals surface area contributed by atoms with E-state index in [2.05, 4.69) is 68.5 Å². The van der Waals surface area contributed by atoms with Gasteiger partial charge in [-0.2, -0.15) is 0 Å². The molecule has 3 atom stereocenters. The number of piperidine rings is 1. The van der Waals surface area contributed by atoms with E-state index in [1.807, 2.05) is 12.3 Å². The summed E-state index contributed by atoms with van der Waals surface area (Å²) in [5.74, 6) is 1.00. The molecule has 2 aliphatic heterocycles. The van der Waals surface area contributed by atoms with Crippen LogP contribution >= 0.6 is 15.9 Å². The first-order chi connectivity index (χ1) is 12.7. The Morgan fingerprint density at radius 2 is 1.88 bits per heavy atom. The maximum absolute atomic E-state index is 6.33. The minimum atomic E-state index is 0.362. The zero-order chi connectivity index (χ0) is 17.9. The number of hydrogen-bond acceptors (Lipinski definition) is 4. The number of nitrogens with zero attached hydrogens (tertiary/aromatic N) is 2. The second kappa shape index (κ2) is 8.07. The largest absolute Gasteiger partial charge is 0.490 e. The molecule has 2 fully saturated rings. The Morgan fingerprint density at radius 3 is 2.62 bits per heavy atom. The topological polar surface area (TPSA) is 37.4 Å². The summed E-state index contributed by atoms with van der Waals surface area (Å²) in [5.41, 5.74) is 2.44. The van der Waals surface area contributed by atoms with Gasteiger partial charge < -0.3 is 15.0 Å².